The number of ether oxygens (including phenoxy) is 1. The lowest BCUT2D eigenvalue weighted by Gasteiger charge is -1.81. The Labute approximate surface area is 32.0 Å². The van der Waals surface area contributed by atoms with Gasteiger partial charge in [-0.2, -0.15) is 0 Å². The second-order valence-corrected chi connectivity index (χ2v) is 0.716. The molecular weight excluding hydrogens is 66.8 g/mol. The molecule has 0 radical (unpaired) electrons. The molecule has 1 N–H and O–H groups in total. The maximum atomic E-state index is 7.94. The van der Waals surface area contributed by atoms with Gasteiger partial charge in [0.2, 0.25) is 0 Å². The third-order valence-corrected chi connectivity index (χ3v) is 0.295. The molecule has 3 heteroatoms. The van der Waals surface area contributed by atoms with E-state index in [0.717, 1.165) is 0 Å². The second kappa shape index (κ2) is 3.98. The molecule has 0 aromatic carbocycles. The van der Waals surface area contributed by atoms with Crippen molar-refractivity contribution in [1.82, 2.24) is 0 Å². The first kappa shape index (κ1) is 4.98. The van der Waals surface area contributed by atoms with Gasteiger partial charge in [-0.25, -0.2) is 0 Å². The van der Waals surface area contributed by atoms with Crippen LogP contribution in [0.1, 0.15) is 0 Å². The van der Waals surface area contributed by atoms with Crippen molar-refractivity contribution in [3.63, 3.8) is 0 Å². The fourth-order valence-electron chi connectivity index (χ4n) is 0.0913. The van der Waals surface area contributed by atoms with Crippen molar-refractivity contribution in [2.75, 3.05) is 13.6 Å². The van der Waals surface area contributed by atoms with E-state index < -0.39 is 0 Å². The molecule has 0 fully saturated rings. The summed E-state index contributed by atoms with van der Waals surface area (Å²) in [6.07, 6.45) is 0. The molecule has 0 saturated heterocycles. The summed E-state index contributed by atoms with van der Waals surface area (Å²) in [6.45, 7) is 0.444. The topological polar surface area (TPSA) is 29.5 Å². The lowest BCUT2D eigenvalue weighted by Crippen LogP contribution is -1.97. The van der Waals surface area contributed by atoms with Gasteiger partial charge in [-0.05, 0) is 0 Å². The summed E-state index contributed by atoms with van der Waals surface area (Å²) in [5.41, 5.74) is 0. The van der Waals surface area contributed by atoms with Crippen LogP contribution < -0.4 is 0 Å². The van der Waals surface area contributed by atoms with Gasteiger partial charge in [-0.1, -0.05) is 0 Å². The molecule has 0 bridgehead atoms. The predicted molar refractivity (Wildman–Crippen MR) is 21.2 cm³/mol. The van der Waals surface area contributed by atoms with Crippen molar-refractivity contribution in [2.24, 2.45) is 0 Å². The maximum Gasteiger partial charge on any atom is 0.296 e. The molecule has 0 rings (SSSR count). The van der Waals surface area contributed by atoms with Crippen molar-refractivity contribution >= 4 is 7.48 Å². The highest BCUT2D eigenvalue weighted by Gasteiger charge is 1.73. The van der Waals surface area contributed by atoms with Crippen LogP contribution in [0.15, 0.2) is 0 Å². The van der Waals surface area contributed by atoms with Gasteiger partial charge in [0.1, 0.15) is 0 Å². The summed E-state index contributed by atoms with van der Waals surface area (Å²) >= 11 is 0. The summed E-state index contributed by atoms with van der Waals surface area (Å²) in [4.78, 5) is 0. The molecule has 5 heavy (non-hydrogen) atoms. The summed E-state index contributed by atoms with van der Waals surface area (Å²) in [7, 11) is 1.67. The van der Waals surface area contributed by atoms with E-state index in [1.54, 1.807) is 7.11 Å². The number of rotatable bonds is 2. The van der Waals surface area contributed by atoms with Gasteiger partial charge in [-0.15, -0.1) is 0 Å². The fourth-order valence-corrected chi connectivity index (χ4v) is 0.0913. The maximum absolute atomic E-state index is 7.94. The highest BCUT2D eigenvalue weighted by molar-refractivity contribution is 6.24. The van der Waals surface area contributed by atoms with Gasteiger partial charge in [-0.3, -0.25) is 0 Å². The second-order valence-electron chi connectivity index (χ2n) is 0.716. The van der Waals surface area contributed by atoms with E-state index in [1.807, 2.05) is 0 Å². The third-order valence-electron chi connectivity index (χ3n) is 0.295. The largest absolute Gasteiger partial charge is 0.451 e. The van der Waals surface area contributed by atoms with E-state index in [9.17, 15) is 0 Å². The Morgan fingerprint density at radius 1 is 2.00 bits per heavy atom. The first-order chi connectivity index (χ1) is 2.41. The van der Waals surface area contributed by atoms with Crippen LogP contribution in [-0.4, -0.2) is 26.1 Å². The van der Waals surface area contributed by atoms with Crippen molar-refractivity contribution < 1.29 is 9.76 Å². The average molecular weight is 73.9 g/mol. The quantitative estimate of drug-likeness (QED) is 0.423. The van der Waals surface area contributed by atoms with Crippen LogP contribution in [0.25, 0.3) is 0 Å². The van der Waals surface area contributed by atoms with E-state index in [2.05, 4.69) is 4.74 Å². The predicted octanol–water partition coefficient (Wildman–Crippen LogP) is -1.07. The van der Waals surface area contributed by atoms with Gasteiger partial charge in [0.05, 0.1) is 0 Å². The average Bonchev–Trinajstić information content (AvgIpc) is 1.41. The Morgan fingerprint density at radius 2 is 2.60 bits per heavy atom. The van der Waals surface area contributed by atoms with E-state index in [1.165, 1.54) is 0 Å². The Morgan fingerprint density at radius 3 is 2.60 bits per heavy atom. The molecule has 30 valence electrons. The monoisotopic (exact) mass is 74.1 g/mol. The first-order valence-corrected chi connectivity index (χ1v) is 1.51. The van der Waals surface area contributed by atoms with E-state index in [-0.39, 0.29) is 7.48 Å². The minimum absolute atomic E-state index is 0.122. The standard InChI is InChI=1S/C2H7BO2/c1-5-2-3-4/h3-4H,2H2,1H3. The zero-order valence-electron chi connectivity index (χ0n) is 3.27. The lowest BCUT2D eigenvalue weighted by atomic mass is 10.1. The minimum Gasteiger partial charge on any atom is -0.451 e. The van der Waals surface area contributed by atoms with Crippen LogP contribution in [-0.2, 0) is 4.74 Å². The smallest absolute Gasteiger partial charge is 0.296 e. The van der Waals surface area contributed by atoms with E-state index in [0.29, 0.717) is 6.51 Å². The van der Waals surface area contributed by atoms with Crippen LogP contribution >= 0.6 is 0 Å². The molecule has 0 heterocycles. The molecule has 0 aliphatic heterocycles. The fraction of sp³-hybridized carbons (Fsp3) is 1.00. The molecule has 0 spiro atoms. The summed E-state index contributed by atoms with van der Waals surface area (Å²) in [5, 5.41) is 7.94. The van der Waals surface area contributed by atoms with Gasteiger partial charge < -0.3 is 9.76 Å². The van der Waals surface area contributed by atoms with Crippen LogP contribution in [0, 0.1) is 0 Å². The Hall–Kier alpha value is -0.0151. The molecule has 0 aliphatic rings. The molecule has 0 atom stereocenters. The summed E-state index contributed by atoms with van der Waals surface area (Å²) in [6, 6.07) is 0. The van der Waals surface area contributed by atoms with Crippen molar-refractivity contribution in [2.45, 2.75) is 0 Å². The van der Waals surface area contributed by atoms with Gasteiger partial charge in [0.25, 0.3) is 7.48 Å². The Kier molecular flexibility index (Phi) is 3.97. The minimum atomic E-state index is 0.122. The molecule has 2 nitrogen and oxygen atoms in total. The SMILES string of the molecule is COCBO. The zero-order valence-corrected chi connectivity index (χ0v) is 3.27. The highest BCUT2D eigenvalue weighted by Crippen LogP contribution is 1.53. The third kappa shape index (κ3) is 3.98. The lowest BCUT2D eigenvalue weighted by molar-refractivity contribution is 0.242. The normalized spacial score (nSPS) is 7.60. The van der Waals surface area contributed by atoms with Crippen molar-refractivity contribution in [3.05, 3.63) is 0 Å². The van der Waals surface area contributed by atoms with E-state index >= 15 is 0 Å². The number of methoxy groups -OCH3 is 1. The van der Waals surface area contributed by atoms with E-state index in [4.69, 9.17) is 5.02 Å². The zero-order chi connectivity index (χ0) is 4.12. The van der Waals surface area contributed by atoms with Crippen LogP contribution in [0.4, 0.5) is 0 Å². The Balaban J connectivity index is 2.19. The van der Waals surface area contributed by atoms with Crippen molar-refractivity contribution in [1.29, 1.82) is 0 Å². The Bertz CT molecular complexity index is 15.1. The molecule has 0 aliphatic carbocycles. The van der Waals surface area contributed by atoms with Crippen LogP contribution in [0.5, 0.6) is 0 Å². The first-order valence-electron chi connectivity index (χ1n) is 1.51. The van der Waals surface area contributed by atoms with Crippen LogP contribution in [0.3, 0.4) is 0 Å². The highest BCUT2D eigenvalue weighted by atomic mass is 16.5. The number of hydrogen-bond donors (Lipinski definition) is 1. The summed E-state index contributed by atoms with van der Waals surface area (Å²) < 4.78 is 4.44. The van der Waals surface area contributed by atoms with Crippen molar-refractivity contribution in [3.8, 4) is 0 Å². The molecule has 0 aromatic heterocycles. The van der Waals surface area contributed by atoms with Crippen LogP contribution in [0.2, 0.25) is 0 Å². The molecule has 0 amide bonds. The van der Waals surface area contributed by atoms with Gasteiger partial charge >= 0.3 is 0 Å². The molecule has 0 aromatic rings. The summed E-state index contributed by atoms with van der Waals surface area (Å²) in [5.74, 6) is 0. The molecule has 0 saturated carbocycles. The number of hydrogen-bond acceptors (Lipinski definition) is 2. The van der Waals surface area contributed by atoms with Gasteiger partial charge in [0.15, 0.2) is 0 Å². The van der Waals surface area contributed by atoms with Gasteiger partial charge in [0, 0.05) is 13.6 Å². The molecular formula is C2H7BO2. The molecule has 0 unspecified atom stereocenters.